The number of nitrogens with zero attached hydrogens (tertiary/aromatic N) is 3. The van der Waals surface area contributed by atoms with Crippen LogP contribution in [0.2, 0.25) is 0 Å². The monoisotopic (exact) mass is 517 g/mol. The van der Waals surface area contributed by atoms with Gasteiger partial charge < -0.3 is 14.2 Å². The fourth-order valence-corrected chi connectivity index (χ4v) is 7.00. The molecule has 0 aliphatic carbocycles. The van der Waals surface area contributed by atoms with E-state index in [-0.39, 0.29) is 52.0 Å². The van der Waals surface area contributed by atoms with Gasteiger partial charge in [0.2, 0.25) is 17.4 Å². The molecule has 3 fully saturated rings. The van der Waals surface area contributed by atoms with E-state index in [1.165, 1.54) is 16.7 Å². The Bertz CT molecular complexity index is 1330. The van der Waals surface area contributed by atoms with E-state index in [0.717, 1.165) is 6.42 Å². The minimum absolute atomic E-state index is 0.0826. The number of rotatable bonds is 2. The molecule has 3 saturated heterocycles. The predicted octanol–water partition coefficient (Wildman–Crippen LogP) is 2.31. The van der Waals surface area contributed by atoms with Gasteiger partial charge >= 0.3 is 6.03 Å². The van der Waals surface area contributed by atoms with Gasteiger partial charge in [0.1, 0.15) is 0 Å². The van der Waals surface area contributed by atoms with E-state index < -0.39 is 41.2 Å². The van der Waals surface area contributed by atoms with E-state index in [1.807, 2.05) is 13.8 Å². The van der Waals surface area contributed by atoms with Crippen LogP contribution in [0.1, 0.15) is 32.8 Å². The van der Waals surface area contributed by atoms with E-state index in [4.69, 9.17) is 9.26 Å². The number of amides is 5. The molecular weight excluding hydrogens is 493 g/mol. The third kappa shape index (κ3) is 3.05. The van der Waals surface area contributed by atoms with Crippen molar-refractivity contribution in [2.24, 2.45) is 5.41 Å². The van der Waals surface area contributed by atoms with Gasteiger partial charge in [-0.1, -0.05) is 23.8 Å². The summed E-state index contributed by atoms with van der Waals surface area (Å²) in [6, 6.07) is -0.133. The number of benzene rings is 1. The summed E-state index contributed by atoms with van der Waals surface area (Å²) in [5.74, 6) is -2.00. The molecule has 1 aromatic heterocycles. The molecule has 5 amide bonds. The summed E-state index contributed by atoms with van der Waals surface area (Å²) < 4.78 is 27.5. The number of carbonyl (C=O) groups excluding carboxylic acids is 4. The van der Waals surface area contributed by atoms with Crippen molar-refractivity contribution in [3.05, 3.63) is 17.4 Å². The molecule has 0 radical (unpaired) electrons. The first-order valence-corrected chi connectivity index (χ1v) is 12.7. The van der Waals surface area contributed by atoms with Crippen molar-refractivity contribution < 1.29 is 32.8 Å². The highest BCUT2D eigenvalue weighted by molar-refractivity contribution is 8.14. The lowest BCUT2D eigenvalue weighted by Gasteiger charge is -2.55. The Morgan fingerprint density at radius 3 is 2.58 bits per heavy atom. The summed E-state index contributed by atoms with van der Waals surface area (Å²) >= 11 is 1.20. The topological polar surface area (TPSA) is 134 Å². The van der Waals surface area contributed by atoms with Gasteiger partial charge in [-0.25, -0.2) is 9.18 Å². The van der Waals surface area contributed by atoms with Gasteiger partial charge in [0.15, 0.2) is 17.1 Å². The molecule has 0 bridgehead atoms. The second-order valence-electron chi connectivity index (χ2n) is 9.74. The highest BCUT2D eigenvalue weighted by atomic mass is 32.2. The summed E-state index contributed by atoms with van der Waals surface area (Å²) in [5, 5.41) is 8.63. The maximum absolute atomic E-state index is 16.1. The molecule has 4 aliphatic heterocycles. The van der Waals surface area contributed by atoms with E-state index >= 15 is 4.39 Å². The van der Waals surface area contributed by atoms with Crippen LogP contribution in [0, 0.1) is 11.2 Å². The largest absolute Gasteiger partial charge is 0.372 e. The van der Waals surface area contributed by atoms with Gasteiger partial charge in [-0.05, 0) is 31.9 Å². The third-order valence-electron chi connectivity index (χ3n) is 7.53. The zero-order valence-electron chi connectivity index (χ0n) is 19.8. The van der Waals surface area contributed by atoms with Crippen LogP contribution in [0.5, 0.6) is 0 Å². The Hall–Kier alpha value is -3.19. The van der Waals surface area contributed by atoms with Gasteiger partial charge in [0.25, 0.3) is 5.24 Å². The highest BCUT2D eigenvalue weighted by Crippen LogP contribution is 2.50. The molecule has 6 rings (SSSR count). The molecule has 2 aromatic rings. The number of halogens is 1. The Morgan fingerprint density at radius 2 is 1.92 bits per heavy atom. The van der Waals surface area contributed by atoms with E-state index in [0.29, 0.717) is 12.1 Å². The number of urea groups is 1. The standard InChI is InChI=1S/C23H24FN5O6S/c1-4-12-8-29(22(33)36-12)18-13-5-11-6-23(19(30)25-21(32)26-20(23)31)17-10(3)34-9(2)7-28(17)15(11)14(24)16(13)35-27-18/h5,9-10,12,17H,4,6-8H2,1-3H3,(H2,25,26,30,31,32)/t9-,10+,12-,17?/m1/s1. The van der Waals surface area contributed by atoms with E-state index in [1.54, 1.807) is 17.9 Å². The Labute approximate surface area is 209 Å². The predicted molar refractivity (Wildman–Crippen MR) is 127 cm³/mol. The number of morpholine rings is 1. The summed E-state index contributed by atoms with van der Waals surface area (Å²) in [6.45, 7) is 6.15. The van der Waals surface area contributed by atoms with Crippen LogP contribution >= 0.6 is 11.8 Å². The molecular formula is C23H24FN5O6S. The SMILES string of the molecule is CC[C@@H]1CN(c2noc3c(F)c4c(cc23)CC2(C(=O)NC(=O)NC2=O)C2[C@H](C)O[C@H](C)CN42)C(=O)S1. The molecule has 1 unspecified atom stereocenters. The number of ether oxygens (including phenoxy) is 1. The average Bonchev–Trinajstić information content (AvgIpc) is 3.39. The van der Waals surface area contributed by atoms with Crippen LogP contribution in [0.15, 0.2) is 10.6 Å². The molecule has 190 valence electrons. The zero-order chi connectivity index (χ0) is 25.5. The first-order chi connectivity index (χ1) is 17.1. The number of anilines is 2. The quantitative estimate of drug-likeness (QED) is 0.576. The zero-order valence-corrected chi connectivity index (χ0v) is 20.6. The average molecular weight is 518 g/mol. The normalized spacial score (nSPS) is 29.4. The molecule has 5 heterocycles. The molecule has 13 heteroatoms. The van der Waals surface area contributed by atoms with Crippen LogP contribution in [0.25, 0.3) is 11.0 Å². The van der Waals surface area contributed by atoms with Crippen LogP contribution in [0.3, 0.4) is 0 Å². The van der Waals surface area contributed by atoms with Gasteiger partial charge in [-0.2, -0.15) is 0 Å². The maximum Gasteiger partial charge on any atom is 0.328 e. The Kier molecular flexibility index (Phi) is 5.10. The van der Waals surface area contributed by atoms with Crippen molar-refractivity contribution >= 4 is 57.3 Å². The number of carbonyl (C=O) groups is 4. The minimum Gasteiger partial charge on any atom is -0.372 e. The number of imide groups is 2. The number of thioether (sulfide) groups is 1. The van der Waals surface area contributed by atoms with Crippen LogP contribution in [-0.2, 0) is 20.7 Å². The van der Waals surface area contributed by atoms with Crippen molar-refractivity contribution in [3.8, 4) is 0 Å². The Balaban J connectivity index is 1.55. The first-order valence-electron chi connectivity index (χ1n) is 11.8. The molecule has 2 N–H and O–H groups in total. The second kappa shape index (κ2) is 7.90. The van der Waals surface area contributed by atoms with Crippen LogP contribution in [-0.4, -0.2) is 64.8 Å². The van der Waals surface area contributed by atoms with Crippen LogP contribution < -0.4 is 20.4 Å². The summed E-state index contributed by atoms with van der Waals surface area (Å²) in [4.78, 5) is 54.3. The van der Waals surface area contributed by atoms with Crippen molar-refractivity contribution in [3.63, 3.8) is 0 Å². The lowest BCUT2D eigenvalue weighted by atomic mass is 9.66. The van der Waals surface area contributed by atoms with Crippen molar-refractivity contribution in [1.29, 1.82) is 0 Å². The molecule has 1 spiro atoms. The van der Waals surface area contributed by atoms with Gasteiger partial charge in [0, 0.05) is 24.8 Å². The first kappa shape index (κ1) is 23.2. The smallest absolute Gasteiger partial charge is 0.328 e. The molecule has 36 heavy (non-hydrogen) atoms. The highest BCUT2D eigenvalue weighted by Gasteiger charge is 2.63. The molecule has 4 atom stereocenters. The lowest BCUT2D eigenvalue weighted by molar-refractivity contribution is -0.153. The van der Waals surface area contributed by atoms with Gasteiger partial charge in [0.05, 0.1) is 29.3 Å². The number of barbiturate groups is 1. The van der Waals surface area contributed by atoms with Crippen molar-refractivity contribution in [1.82, 2.24) is 15.8 Å². The minimum atomic E-state index is -1.73. The number of hydrogen-bond donors (Lipinski definition) is 2. The maximum atomic E-state index is 16.1. The molecule has 11 nitrogen and oxygen atoms in total. The second-order valence-corrected chi connectivity index (χ2v) is 11.0. The third-order valence-corrected chi connectivity index (χ3v) is 8.77. The summed E-state index contributed by atoms with van der Waals surface area (Å²) in [7, 11) is 0. The van der Waals surface area contributed by atoms with Crippen molar-refractivity contribution in [2.75, 3.05) is 22.9 Å². The summed E-state index contributed by atoms with van der Waals surface area (Å²) in [6.07, 6.45) is -0.334. The number of aromatic nitrogens is 1. The summed E-state index contributed by atoms with van der Waals surface area (Å²) in [5.41, 5.74) is -1.25. The fourth-order valence-electron chi connectivity index (χ4n) is 6.04. The van der Waals surface area contributed by atoms with E-state index in [2.05, 4.69) is 15.8 Å². The lowest BCUT2D eigenvalue weighted by Crippen LogP contribution is -2.75. The fraction of sp³-hybridized carbons (Fsp3) is 0.522. The van der Waals surface area contributed by atoms with Gasteiger partial charge in [-0.15, -0.1) is 0 Å². The number of fused-ring (bicyclic) bond motifs is 5. The number of hydrogen-bond acceptors (Lipinski definition) is 9. The van der Waals surface area contributed by atoms with Crippen LogP contribution in [0.4, 0.5) is 25.5 Å². The number of nitrogens with one attached hydrogen (secondary N) is 2. The molecule has 4 aliphatic rings. The molecule has 1 aromatic carbocycles. The molecule has 0 saturated carbocycles. The van der Waals surface area contributed by atoms with E-state index in [9.17, 15) is 19.2 Å². The Morgan fingerprint density at radius 1 is 1.19 bits per heavy atom. The van der Waals surface area contributed by atoms with Crippen molar-refractivity contribution in [2.45, 2.75) is 57.1 Å². The van der Waals surface area contributed by atoms with Gasteiger partial charge in [-0.3, -0.25) is 29.9 Å².